The zero-order valence-electron chi connectivity index (χ0n) is 12.3. The lowest BCUT2D eigenvalue weighted by Crippen LogP contribution is -2.32. The van der Waals surface area contributed by atoms with Gasteiger partial charge in [-0.3, -0.25) is 0 Å². The van der Waals surface area contributed by atoms with Gasteiger partial charge in [0.25, 0.3) is 0 Å². The molecule has 1 atom stereocenters. The van der Waals surface area contributed by atoms with E-state index in [1.165, 1.54) is 0 Å². The molecule has 5 nitrogen and oxygen atoms in total. The van der Waals surface area contributed by atoms with Crippen molar-refractivity contribution in [2.24, 2.45) is 0 Å². The first kappa shape index (κ1) is 16.0. The van der Waals surface area contributed by atoms with Crippen molar-refractivity contribution < 1.29 is 0 Å². The molecule has 1 N–H and O–H groups in total. The number of aromatic nitrogens is 2. The van der Waals surface area contributed by atoms with Gasteiger partial charge in [-0.1, -0.05) is 29.3 Å². The summed E-state index contributed by atoms with van der Waals surface area (Å²) in [5, 5.41) is 13.6. The van der Waals surface area contributed by atoms with E-state index in [1.807, 2.05) is 18.2 Å². The van der Waals surface area contributed by atoms with Gasteiger partial charge < -0.3 is 10.2 Å². The van der Waals surface area contributed by atoms with Crippen LogP contribution in [0.15, 0.2) is 30.6 Å². The number of nitrogens with zero attached hydrogens (tertiary/aromatic N) is 4. The zero-order chi connectivity index (χ0) is 16.2. The van der Waals surface area contributed by atoms with Gasteiger partial charge >= 0.3 is 0 Å². The molecule has 1 aromatic heterocycles. The van der Waals surface area contributed by atoms with E-state index >= 15 is 0 Å². The highest BCUT2D eigenvalue weighted by molar-refractivity contribution is 6.35. The summed E-state index contributed by atoms with van der Waals surface area (Å²) in [6, 6.07) is 7.91. The van der Waals surface area contributed by atoms with Crippen LogP contribution in [0.1, 0.15) is 17.5 Å². The fourth-order valence-corrected chi connectivity index (χ4v) is 3.05. The predicted molar refractivity (Wildman–Crippen MR) is 90.7 cm³/mol. The second kappa shape index (κ2) is 7.14. The summed E-state index contributed by atoms with van der Waals surface area (Å²) < 4.78 is 0. The van der Waals surface area contributed by atoms with Crippen LogP contribution in [0.2, 0.25) is 10.0 Å². The van der Waals surface area contributed by atoms with Gasteiger partial charge in [0.05, 0.1) is 18.0 Å². The van der Waals surface area contributed by atoms with Crippen molar-refractivity contribution in [3.8, 4) is 6.07 Å². The SMILES string of the molecule is N#Cc1cnc(N2CC[C@H](NCc3ccc(Cl)cc3Cl)C2)nc1. The fourth-order valence-electron chi connectivity index (χ4n) is 2.57. The van der Waals surface area contributed by atoms with Crippen LogP contribution in [0.3, 0.4) is 0 Å². The Morgan fingerprint density at radius 1 is 1.30 bits per heavy atom. The van der Waals surface area contributed by atoms with E-state index in [9.17, 15) is 0 Å². The molecule has 2 heterocycles. The Balaban J connectivity index is 1.56. The molecule has 1 saturated heterocycles. The maximum atomic E-state index is 8.78. The summed E-state index contributed by atoms with van der Waals surface area (Å²) in [5.41, 5.74) is 1.50. The zero-order valence-corrected chi connectivity index (χ0v) is 13.8. The van der Waals surface area contributed by atoms with E-state index < -0.39 is 0 Å². The van der Waals surface area contributed by atoms with E-state index in [4.69, 9.17) is 28.5 Å². The Labute approximate surface area is 144 Å². The second-order valence-electron chi connectivity index (χ2n) is 5.43. The molecular formula is C16H15Cl2N5. The van der Waals surface area contributed by atoms with Crippen LogP contribution >= 0.6 is 23.2 Å². The maximum Gasteiger partial charge on any atom is 0.225 e. The Kier molecular flexibility index (Phi) is 4.97. The number of rotatable bonds is 4. The third-order valence-corrected chi connectivity index (χ3v) is 4.42. The molecule has 3 rings (SSSR count). The first-order valence-corrected chi connectivity index (χ1v) is 8.05. The number of halogens is 2. The molecule has 7 heteroatoms. The molecular weight excluding hydrogens is 333 g/mol. The van der Waals surface area contributed by atoms with E-state index in [-0.39, 0.29) is 0 Å². The fraction of sp³-hybridized carbons (Fsp3) is 0.312. The van der Waals surface area contributed by atoms with E-state index in [0.29, 0.717) is 34.1 Å². The highest BCUT2D eigenvalue weighted by Crippen LogP contribution is 2.22. The van der Waals surface area contributed by atoms with Crippen molar-refractivity contribution in [3.63, 3.8) is 0 Å². The van der Waals surface area contributed by atoms with Gasteiger partial charge in [-0.15, -0.1) is 0 Å². The Morgan fingerprint density at radius 2 is 2.09 bits per heavy atom. The largest absolute Gasteiger partial charge is 0.339 e. The summed E-state index contributed by atoms with van der Waals surface area (Å²) in [4.78, 5) is 10.6. The highest BCUT2D eigenvalue weighted by Gasteiger charge is 2.24. The van der Waals surface area contributed by atoms with Gasteiger partial charge in [-0.05, 0) is 24.1 Å². The van der Waals surface area contributed by atoms with Crippen LogP contribution in [-0.4, -0.2) is 29.1 Å². The smallest absolute Gasteiger partial charge is 0.225 e. The van der Waals surface area contributed by atoms with E-state index in [0.717, 1.165) is 25.1 Å². The number of hydrogen-bond donors (Lipinski definition) is 1. The molecule has 0 amide bonds. The Bertz CT molecular complexity index is 726. The molecule has 1 aromatic carbocycles. The highest BCUT2D eigenvalue weighted by atomic mass is 35.5. The van der Waals surface area contributed by atoms with Crippen molar-refractivity contribution in [2.45, 2.75) is 19.0 Å². The second-order valence-corrected chi connectivity index (χ2v) is 6.28. The van der Waals surface area contributed by atoms with Gasteiger partial charge in [-0.25, -0.2) is 9.97 Å². The molecule has 23 heavy (non-hydrogen) atoms. The van der Waals surface area contributed by atoms with Gasteiger partial charge in [0.15, 0.2) is 0 Å². The van der Waals surface area contributed by atoms with Crippen molar-refractivity contribution in [1.82, 2.24) is 15.3 Å². The number of anilines is 1. The summed E-state index contributed by atoms with van der Waals surface area (Å²) in [6.07, 6.45) is 4.11. The lowest BCUT2D eigenvalue weighted by atomic mass is 10.2. The lowest BCUT2D eigenvalue weighted by Gasteiger charge is -2.17. The van der Waals surface area contributed by atoms with E-state index in [1.54, 1.807) is 18.5 Å². The number of nitrogens with one attached hydrogen (secondary N) is 1. The number of hydrogen-bond acceptors (Lipinski definition) is 5. The monoisotopic (exact) mass is 347 g/mol. The minimum Gasteiger partial charge on any atom is -0.339 e. The summed E-state index contributed by atoms with van der Waals surface area (Å²) in [7, 11) is 0. The molecule has 1 aliphatic rings. The maximum absolute atomic E-state index is 8.78. The molecule has 2 aromatic rings. The lowest BCUT2D eigenvalue weighted by molar-refractivity contribution is 0.551. The van der Waals surface area contributed by atoms with Crippen molar-refractivity contribution >= 4 is 29.2 Å². The van der Waals surface area contributed by atoms with Gasteiger partial charge in [0.1, 0.15) is 6.07 Å². The molecule has 0 aliphatic carbocycles. The summed E-state index contributed by atoms with van der Waals surface area (Å²) >= 11 is 12.1. The quantitative estimate of drug-likeness (QED) is 0.920. The first-order valence-electron chi connectivity index (χ1n) is 7.30. The number of benzene rings is 1. The number of nitriles is 1. The van der Waals surface area contributed by atoms with Gasteiger partial charge in [0, 0.05) is 35.7 Å². The molecule has 0 unspecified atom stereocenters. The Morgan fingerprint density at radius 3 is 2.78 bits per heavy atom. The third-order valence-electron chi connectivity index (χ3n) is 3.83. The van der Waals surface area contributed by atoms with Crippen LogP contribution in [0, 0.1) is 11.3 Å². The standard InChI is InChI=1S/C16H15Cl2N5/c17-13-2-1-12(15(18)5-13)9-20-14-3-4-23(10-14)16-21-7-11(6-19)8-22-16/h1-2,5,7-8,14,20H,3-4,9-10H2/t14-/m0/s1. The molecule has 0 saturated carbocycles. The Hall–Kier alpha value is -1.87. The normalized spacial score (nSPS) is 17.3. The van der Waals surface area contributed by atoms with Gasteiger partial charge in [-0.2, -0.15) is 5.26 Å². The molecule has 0 bridgehead atoms. The van der Waals surface area contributed by atoms with Crippen LogP contribution < -0.4 is 10.2 Å². The first-order chi connectivity index (χ1) is 11.2. The van der Waals surface area contributed by atoms with Crippen LogP contribution in [-0.2, 0) is 6.54 Å². The molecule has 118 valence electrons. The predicted octanol–water partition coefficient (Wildman–Crippen LogP) is 3.02. The molecule has 1 fully saturated rings. The molecule has 0 spiro atoms. The van der Waals surface area contributed by atoms with Crippen molar-refractivity contribution in [1.29, 1.82) is 5.26 Å². The average molecular weight is 348 g/mol. The average Bonchev–Trinajstić information content (AvgIpc) is 3.03. The summed E-state index contributed by atoms with van der Waals surface area (Å²) in [6.45, 7) is 2.41. The molecule has 0 radical (unpaired) electrons. The van der Waals surface area contributed by atoms with Crippen molar-refractivity contribution in [3.05, 3.63) is 51.8 Å². The van der Waals surface area contributed by atoms with Crippen molar-refractivity contribution in [2.75, 3.05) is 18.0 Å². The third kappa shape index (κ3) is 3.91. The minimum absolute atomic E-state index is 0.348. The topological polar surface area (TPSA) is 64.8 Å². The minimum atomic E-state index is 0.348. The van der Waals surface area contributed by atoms with Crippen LogP contribution in [0.25, 0.3) is 0 Å². The molecule has 1 aliphatic heterocycles. The van der Waals surface area contributed by atoms with Crippen LogP contribution in [0.5, 0.6) is 0 Å². The van der Waals surface area contributed by atoms with Crippen LogP contribution in [0.4, 0.5) is 5.95 Å². The summed E-state index contributed by atoms with van der Waals surface area (Å²) in [5.74, 6) is 0.665. The van der Waals surface area contributed by atoms with E-state index in [2.05, 4.69) is 20.2 Å². The van der Waals surface area contributed by atoms with Gasteiger partial charge in [0.2, 0.25) is 5.95 Å².